The summed E-state index contributed by atoms with van der Waals surface area (Å²) in [7, 11) is -0.810. The maximum absolute atomic E-state index is 6.27. The number of benzene rings is 1. The van der Waals surface area contributed by atoms with E-state index in [2.05, 4.69) is 33.9 Å². The van der Waals surface area contributed by atoms with Crippen molar-refractivity contribution in [3.63, 3.8) is 0 Å². The number of halogens is 1. The monoisotopic (exact) mass is 270 g/mol. The molecule has 0 aliphatic heterocycles. The highest BCUT2D eigenvalue weighted by Crippen LogP contribution is 2.42. The van der Waals surface area contributed by atoms with Gasteiger partial charge in [-0.15, -0.1) is 0 Å². The Morgan fingerprint density at radius 2 is 1.88 bits per heavy atom. The molecule has 1 aromatic rings. The minimum absolute atomic E-state index is 0.0267. The second kappa shape index (κ2) is 5.42. The topological polar surface area (TPSA) is 35.2 Å². The molecule has 0 heterocycles. The SMILES string of the molecule is C[Si](C)OC(c1c(N)cccc1Cl)C(C)(C)C. The molecule has 1 unspecified atom stereocenters. The van der Waals surface area contributed by atoms with Crippen LogP contribution in [0.4, 0.5) is 5.69 Å². The predicted molar refractivity (Wildman–Crippen MR) is 76.6 cm³/mol. The summed E-state index contributed by atoms with van der Waals surface area (Å²) >= 11 is 6.27. The van der Waals surface area contributed by atoms with Gasteiger partial charge in [-0.1, -0.05) is 38.4 Å². The molecule has 2 N–H and O–H groups in total. The van der Waals surface area contributed by atoms with Gasteiger partial charge in [-0.2, -0.15) is 0 Å². The minimum Gasteiger partial charge on any atom is -0.410 e. The second-order valence-corrected chi connectivity index (χ2v) is 7.97. The molecule has 2 nitrogen and oxygen atoms in total. The summed E-state index contributed by atoms with van der Waals surface area (Å²) in [6.45, 7) is 10.7. The molecular formula is C13H21ClNOSi. The molecule has 0 aliphatic carbocycles. The third-order valence-electron chi connectivity index (χ3n) is 2.49. The van der Waals surface area contributed by atoms with Crippen molar-refractivity contribution in [1.29, 1.82) is 0 Å². The summed E-state index contributed by atoms with van der Waals surface area (Å²) in [5.74, 6) is 0. The van der Waals surface area contributed by atoms with E-state index in [-0.39, 0.29) is 11.5 Å². The van der Waals surface area contributed by atoms with Crippen molar-refractivity contribution < 1.29 is 4.43 Å². The fourth-order valence-electron chi connectivity index (χ4n) is 1.73. The highest BCUT2D eigenvalue weighted by Gasteiger charge is 2.31. The van der Waals surface area contributed by atoms with Crippen LogP contribution in [0, 0.1) is 5.41 Å². The van der Waals surface area contributed by atoms with E-state index < -0.39 is 9.04 Å². The van der Waals surface area contributed by atoms with Crippen molar-refractivity contribution in [2.45, 2.75) is 40.0 Å². The van der Waals surface area contributed by atoms with Crippen molar-refractivity contribution in [2.24, 2.45) is 5.41 Å². The number of nitrogen functional groups attached to an aromatic ring is 1. The smallest absolute Gasteiger partial charge is 0.205 e. The summed E-state index contributed by atoms with van der Waals surface area (Å²) < 4.78 is 6.10. The first-order valence-electron chi connectivity index (χ1n) is 5.74. The van der Waals surface area contributed by atoms with E-state index in [0.717, 1.165) is 5.56 Å². The number of hydrogen-bond donors (Lipinski definition) is 1. The van der Waals surface area contributed by atoms with Crippen LogP contribution in [0.5, 0.6) is 0 Å². The van der Waals surface area contributed by atoms with E-state index in [1.165, 1.54) is 0 Å². The number of nitrogens with two attached hydrogens (primary N) is 1. The van der Waals surface area contributed by atoms with Crippen LogP contribution in [0.3, 0.4) is 0 Å². The van der Waals surface area contributed by atoms with E-state index in [0.29, 0.717) is 10.7 Å². The van der Waals surface area contributed by atoms with Crippen molar-refractivity contribution in [2.75, 3.05) is 5.73 Å². The summed E-state index contributed by atoms with van der Waals surface area (Å²) in [4.78, 5) is 0. The number of hydrogen-bond acceptors (Lipinski definition) is 2. The van der Waals surface area contributed by atoms with E-state index in [9.17, 15) is 0 Å². The lowest BCUT2D eigenvalue weighted by Gasteiger charge is -2.34. The Hall–Kier alpha value is -0.513. The lowest BCUT2D eigenvalue weighted by Crippen LogP contribution is -2.27. The van der Waals surface area contributed by atoms with Gasteiger partial charge in [0, 0.05) is 16.3 Å². The average molecular weight is 271 g/mol. The van der Waals surface area contributed by atoms with E-state index in [1.807, 2.05) is 18.2 Å². The van der Waals surface area contributed by atoms with Crippen molar-refractivity contribution >= 4 is 26.3 Å². The van der Waals surface area contributed by atoms with Crippen LogP contribution in [0.25, 0.3) is 0 Å². The Labute approximate surface area is 111 Å². The third kappa shape index (κ3) is 3.73. The van der Waals surface area contributed by atoms with E-state index in [1.54, 1.807) is 0 Å². The molecule has 1 aromatic carbocycles. The largest absolute Gasteiger partial charge is 0.410 e. The zero-order valence-corrected chi connectivity index (χ0v) is 12.9. The van der Waals surface area contributed by atoms with Gasteiger partial charge in [-0.25, -0.2) is 0 Å². The number of rotatable bonds is 3. The van der Waals surface area contributed by atoms with Crippen molar-refractivity contribution in [1.82, 2.24) is 0 Å². The summed E-state index contributed by atoms with van der Waals surface area (Å²) in [6.07, 6.45) is -0.0555. The van der Waals surface area contributed by atoms with Crippen molar-refractivity contribution in [3.05, 3.63) is 28.8 Å². The summed E-state index contributed by atoms with van der Waals surface area (Å²) in [6, 6.07) is 5.61. The Kier molecular flexibility index (Phi) is 4.64. The fraction of sp³-hybridized carbons (Fsp3) is 0.538. The fourth-order valence-corrected chi connectivity index (χ4v) is 2.96. The Morgan fingerprint density at radius 3 is 2.29 bits per heavy atom. The molecular weight excluding hydrogens is 250 g/mol. The lowest BCUT2D eigenvalue weighted by atomic mass is 9.84. The molecule has 0 saturated heterocycles. The predicted octanol–water partition coefficient (Wildman–Crippen LogP) is 4.28. The average Bonchev–Trinajstić information content (AvgIpc) is 2.13. The highest BCUT2D eigenvalue weighted by molar-refractivity contribution is 6.48. The quantitative estimate of drug-likeness (QED) is 0.657. The zero-order chi connectivity index (χ0) is 13.2. The molecule has 0 saturated carbocycles. The van der Waals surface area contributed by atoms with Crippen LogP contribution in [-0.4, -0.2) is 9.04 Å². The molecule has 1 rings (SSSR count). The van der Waals surface area contributed by atoms with Crippen LogP contribution in [0.1, 0.15) is 32.4 Å². The molecule has 0 bridgehead atoms. The van der Waals surface area contributed by atoms with E-state index in [4.69, 9.17) is 21.8 Å². The van der Waals surface area contributed by atoms with Gasteiger partial charge in [-0.05, 0) is 30.6 Å². The first kappa shape index (κ1) is 14.5. The van der Waals surface area contributed by atoms with Gasteiger partial charge in [0.15, 0.2) is 0 Å². The van der Waals surface area contributed by atoms with Gasteiger partial charge in [-0.3, -0.25) is 0 Å². The highest BCUT2D eigenvalue weighted by atomic mass is 35.5. The molecule has 1 atom stereocenters. The zero-order valence-electron chi connectivity index (χ0n) is 11.2. The molecule has 1 radical (unpaired) electrons. The molecule has 4 heteroatoms. The molecule has 0 fully saturated rings. The second-order valence-electron chi connectivity index (χ2n) is 5.51. The standard InChI is InChI=1S/C13H21ClNOSi/c1-13(2,3)12(16-17(4)5)11-9(14)7-6-8-10(11)15/h6-8,12H,15H2,1-5H3. The van der Waals surface area contributed by atoms with Gasteiger partial charge in [0.1, 0.15) is 0 Å². The van der Waals surface area contributed by atoms with Crippen LogP contribution < -0.4 is 5.73 Å². The minimum atomic E-state index is -0.810. The maximum Gasteiger partial charge on any atom is 0.205 e. The molecule has 0 aliphatic rings. The Bertz CT molecular complexity index is 367. The molecule has 0 spiro atoms. The third-order valence-corrected chi connectivity index (χ3v) is 3.53. The van der Waals surface area contributed by atoms with Crippen LogP contribution in [-0.2, 0) is 4.43 Å². The van der Waals surface area contributed by atoms with Gasteiger partial charge in [0.2, 0.25) is 9.04 Å². The van der Waals surface area contributed by atoms with Crippen LogP contribution in [0.15, 0.2) is 18.2 Å². The van der Waals surface area contributed by atoms with Crippen LogP contribution in [0.2, 0.25) is 18.1 Å². The molecule has 95 valence electrons. The summed E-state index contributed by atoms with van der Waals surface area (Å²) in [5, 5.41) is 0.688. The lowest BCUT2D eigenvalue weighted by molar-refractivity contribution is 0.0873. The molecule has 17 heavy (non-hydrogen) atoms. The Morgan fingerprint density at radius 1 is 1.29 bits per heavy atom. The van der Waals surface area contributed by atoms with E-state index >= 15 is 0 Å². The van der Waals surface area contributed by atoms with Gasteiger partial charge >= 0.3 is 0 Å². The Balaban J connectivity index is 3.22. The summed E-state index contributed by atoms with van der Waals surface area (Å²) in [5.41, 5.74) is 7.65. The van der Waals surface area contributed by atoms with Crippen LogP contribution >= 0.6 is 11.6 Å². The van der Waals surface area contributed by atoms with Gasteiger partial charge in [0.25, 0.3) is 0 Å². The normalized spacial score (nSPS) is 14.1. The molecule has 0 amide bonds. The number of anilines is 1. The molecule has 0 aromatic heterocycles. The first-order chi connectivity index (χ1) is 7.73. The first-order valence-corrected chi connectivity index (χ1v) is 8.53. The maximum atomic E-state index is 6.27. The van der Waals surface area contributed by atoms with Gasteiger partial charge in [0.05, 0.1) is 6.10 Å². The van der Waals surface area contributed by atoms with Gasteiger partial charge < -0.3 is 10.2 Å². The van der Waals surface area contributed by atoms with Crippen molar-refractivity contribution in [3.8, 4) is 0 Å².